The van der Waals surface area contributed by atoms with Crippen molar-refractivity contribution in [3.63, 3.8) is 0 Å². The summed E-state index contributed by atoms with van der Waals surface area (Å²) in [5.74, 6) is 0.0525. The van der Waals surface area contributed by atoms with Crippen LogP contribution in [-0.2, 0) is 6.42 Å². The van der Waals surface area contributed by atoms with Gasteiger partial charge in [-0.1, -0.05) is 37.6 Å². The van der Waals surface area contributed by atoms with Gasteiger partial charge in [0.1, 0.15) is 5.69 Å². The second-order valence-electron chi connectivity index (χ2n) is 6.07. The van der Waals surface area contributed by atoms with Crippen LogP contribution < -0.4 is 5.56 Å². The van der Waals surface area contributed by atoms with E-state index >= 15 is 0 Å². The average Bonchev–Trinajstić information content (AvgIpc) is 2.44. The van der Waals surface area contributed by atoms with Gasteiger partial charge in [0.15, 0.2) is 5.75 Å². The van der Waals surface area contributed by atoms with Crippen LogP contribution in [0.2, 0.25) is 0 Å². The summed E-state index contributed by atoms with van der Waals surface area (Å²) in [5.41, 5.74) is 2.66. The molecule has 1 aromatic carbocycles. The van der Waals surface area contributed by atoms with Crippen LogP contribution in [-0.4, -0.2) is 14.9 Å². The van der Waals surface area contributed by atoms with Gasteiger partial charge in [-0.25, -0.2) is 4.68 Å². The second kappa shape index (κ2) is 5.95. The largest absolute Gasteiger partial charge is 0.505 e. The molecule has 0 aliphatic heterocycles. The number of aromatic nitrogens is 2. The van der Waals surface area contributed by atoms with Crippen molar-refractivity contribution in [1.82, 2.24) is 9.78 Å². The highest BCUT2D eigenvalue weighted by molar-refractivity contribution is 5.72. The Morgan fingerprint density at radius 3 is 2.64 bits per heavy atom. The van der Waals surface area contributed by atoms with Crippen LogP contribution in [0.4, 0.5) is 0 Å². The minimum Gasteiger partial charge on any atom is -0.505 e. The van der Waals surface area contributed by atoms with Crippen molar-refractivity contribution < 1.29 is 5.11 Å². The number of nitrogens with zero attached hydrogens (tertiary/aromatic N) is 2. The molecule has 0 unspecified atom stereocenters. The molecule has 0 amide bonds. The summed E-state index contributed by atoms with van der Waals surface area (Å²) in [5, 5.41) is 15.1. The van der Waals surface area contributed by atoms with E-state index in [1.807, 2.05) is 38.1 Å². The SMILES string of the molecule is CCCc1nn(C2CCC2)c(=O)c(-c2ccccc2C)c1O. The fraction of sp³-hybridized carbons (Fsp3) is 0.444. The van der Waals surface area contributed by atoms with E-state index in [0.29, 0.717) is 17.7 Å². The van der Waals surface area contributed by atoms with Crippen LogP contribution in [0.25, 0.3) is 11.1 Å². The Balaban J connectivity index is 2.25. The first-order valence-electron chi connectivity index (χ1n) is 8.04. The van der Waals surface area contributed by atoms with Gasteiger partial charge in [-0.2, -0.15) is 5.10 Å². The Bertz CT molecular complexity index is 745. The summed E-state index contributed by atoms with van der Waals surface area (Å²) in [4.78, 5) is 12.9. The van der Waals surface area contributed by atoms with Gasteiger partial charge in [0.25, 0.3) is 5.56 Å². The van der Waals surface area contributed by atoms with E-state index in [0.717, 1.165) is 36.8 Å². The molecular formula is C18H22N2O2. The third-order valence-electron chi connectivity index (χ3n) is 4.48. The van der Waals surface area contributed by atoms with E-state index in [1.165, 1.54) is 0 Å². The van der Waals surface area contributed by atoms with Crippen LogP contribution in [0.5, 0.6) is 5.75 Å². The van der Waals surface area contributed by atoms with Gasteiger partial charge < -0.3 is 5.11 Å². The zero-order chi connectivity index (χ0) is 15.7. The molecule has 1 heterocycles. The Hall–Kier alpha value is -2.10. The van der Waals surface area contributed by atoms with Gasteiger partial charge >= 0.3 is 0 Å². The topological polar surface area (TPSA) is 55.1 Å². The maximum absolute atomic E-state index is 12.9. The molecule has 2 aromatic rings. The maximum atomic E-state index is 12.9. The van der Waals surface area contributed by atoms with Crippen LogP contribution in [0.1, 0.15) is 49.9 Å². The first kappa shape index (κ1) is 14.8. The van der Waals surface area contributed by atoms with Crippen molar-refractivity contribution in [2.24, 2.45) is 0 Å². The predicted octanol–water partition coefficient (Wildman–Crippen LogP) is 3.60. The van der Waals surface area contributed by atoms with Crippen LogP contribution in [0.15, 0.2) is 29.1 Å². The number of benzene rings is 1. The predicted molar refractivity (Wildman–Crippen MR) is 87.2 cm³/mol. The van der Waals surface area contributed by atoms with E-state index in [9.17, 15) is 9.90 Å². The molecule has 1 saturated carbocycles. The summed E-state index contributed by atoms with van der Waals surface area (Å²) >= 11 is 0. The van der Waals surface area contributed by atoms with E-state index < -0.39 is 0 Å². The zero-order valence-corrected chi connectivity index (χ0v) is 13.2. The molecule has 4 nitrogen and oxygen atoms in total. The lowest BCUT2D eigenvalue weighted by Crippen LogP contribution is -2.33. The highest BCUT2D eigenvalue weighted by atomic mass is 16.3. The fourth-order valence-electron chi connectivity index (χ4n) is 2.96. The van der Waals surface area contributed by atoms with Crippen LogP contribution >= 0.6 is 0 Å². The van der Waals surface area contributed by atoms with Gasteiger partial charge in [0.05, 0.1) is 11.6 Å². The lowest BCUT2D eigenvalue weighted by molar-refractivity contribution is 0.274. The summed E-state index contributed by atoms with van der Waals surface area (Å²) in [6.45, 7) is 4.01. The van der Waals surface area contributed by atoms with E-state index in [1.54, 1.807) is 4.68 Å². The molecule has 3 rings (SSSR count). The van der Waals surface area contributed by atoms with E-state index in [4.69, 9.17) is 0 Å². The highest BCUT2D eigenvalue weighted by Crippen LogP contribution is 2.34. The molecule has 1 aromatic heterocycles. The number of hydrogen-bond donors (Lipinski definition) is 1. The quantitative estimate of drug-likeness (QED) is 0.938. The summed E-state index contributed by atoms with van der Waals surface area (Å²) in [6.07, 6.45) is 4.70. The second-order valence-corrected chi connectivity index (χ2v) is 6.07. The van der Waals surface area contributed by atoms with Gasteiger partial charge in [-0.05, 0) is 43.7 Å². The molecule has 1 aliphatic carbocycles. The van der Waals surface area contributed by atoms with Crippen molar-refractivity contribution in [2.45, 2.75) is 52.0 Å². The first-order chi connectivity index (χ1) is 10.6. The average molecular weight is 298 g/mol. The molecule has 0 radical (unpaired) electrons. The first-order valence-corrected chi connectivity index (χ1v) is 8.04. The van der Waals surface area contributed by atoms with Gasteiger partial charge in [0.2, 0.25) is 0 Å². The molecule has 4 heteroatoms. The van der Waals surface area contributed by atoms with Gasteiger partial charge in [0, 0.05) is 0 Å². The fourth-order valence-corrected chi connectivity index (χ4v) is 2.96. The van der Waals surface area contributed by atoms with Crippen LogP contribution in [0.3, 0.4) is 0 Å². The smallest absolute Gasteiger partial charge is 0.278 e. The summed E-state index contributed by atoms with van der Waals surface area (Å²) < 4.78 is 1.61. The van der Waals surface area contributed by atoms with Gasteiger partial charge in [-0.15, -0.1) is 0 Å². The van der Waals surface area contributed by atoms with Gasteiger partial charge in [-0.3, -0.25) is 4.79 Å². The van der Waals surface area contributed by atoms with Crippen molar-refractivity contribution in [2.75, 3.05) is 0 Å². The minimum atomic E-state index is -0.170. The molecule has 1 fully saturated rings. The number of aryl methyl sites for hydroxylation is 2. The molecule has 1 N–H and O–H groups in total. The maximum Gasteiger partial charge on any atom is 0.278 e. The normalized spacial score (nSPS) is 14.8. The molecule has 0 saturated heterocycles. The standard InChI is InChI=1S/C18H22N2O2/c1-3-7-15-17(21)16(14-11-5-4-8-12(14)2)18(22)20(19-15)13-9-6-10-13/h4-5,8,11,13,21H,3,6-7,9-10H2,1-2H3. The summed E-state index contributed by atoms with van der Waals surface area (Å²) in [6, 6.07) is 7.88. The molecule has 0 atom stereocenters. The molecule has 0 bridgehead atoms. The Labute approximate surface area is 130 Å². The lowest BCUT2D eigenvalue weighted by Gasteiger charge is -2.27. The minimum absolute atomic E-state index is 0.0525. The molecule has 1 aliphatic rings. The highest BCUT2D eigenvalue weighted by Gasteiger charge is 2.26. The van der Waals surface area contributed by atoms with Crippen LogP contribution in [0, 0.1) is 6.92 Å². The third kappa shape index (κ3) is 2.43. The third-order valence-corrected chi connectivity index (χ3v) is 4.48. The molecule has 0 spiro atoms. The summed E-state index contributed by atoms with van der Waals surface area (Å²) in [7, 11) is 0. The van der Waals surface area contributed by atoms with Crippen molar-refractivity contribution >= 4 is 0 Å². The van der Waals surface area contributed by atoms with E-state index in [2.05, 4.69) is 5.10 Å². The number of hydrogen-bond acceptors (Lipinski definition) is 3. The number of rotatable bonds is 4. The Kier molecular flexibility index (Phi) is 4.01. The Morgan fingerprint density at radius 2 is 2.05 bits per heavy atom. The van der Waals surface area contributed by atoms with Crippen molar-refractivity contribution in [3.8, 4) is 16.9 Å². The Morgan fingerprint density at radius 1 is 1.32 bits per heavy atom. The van der Waals surface area contributed by atoms with Crippen molar-refractivity contribution in [1.29, 1.82) is 0 Å². The zero-order valence-electron chi connectivity index (χ0n) is 13.2. The molecule has 116 valence electrons. The lowest BCUT2D eigenvalue weighted by atomic mass is 9.92. The van der Waals surface area contributed by atoms with E-state index in [-0.39, 0.29) is 17.4 Å². The monoisotopic (exact) mass is 298 g/mol. The van der Waals surface area contributed by atoms with Crippen molar-refractivity contribution in [3.05, 3.63) is 45.9 Å². The molecular weight excluding hydrogens is 276 g/mol. The molecule has 22 heavy (non-hydrogen) atoms. The number of aromatic hydroxyl groups is 1.